The molecule has 1 aliphatic heterocycles. The minimum atomic E-state index is -3.82. The highest BCUT2D eigenvalue weighted by atomic mass is 32.2. The fourth-order valence-electron chi connectivity index (χ4n) is 4.82. The zero-order valence-electron chi connectivity index (χ0n) is 23.6. The van der Waals surface area contributed by atoms with Crippen LogP contribution in [0.1, 0.15) is 26.3 Å². The predicted octanol–water partition coefficient (Wildman–Crippen LogP) is 5.35. The molecule has 0 aliphatic carbocycles. The van der Waals surface area contributed by atoms with Crippen molar-refractivity contribution in [2.45, 2.75) is 31.1 Å². The molecule has 2 heterocycles. The number of carbonyl (C=O) groups excluding carboxylic acids is 1. The standard InChI is InChI=1S/C31H36N4O5S/c1-31(2,3)23-9-12-25(13-10-23)41(37,38)34-24-11-14-27-26(21-24)28(22-7-5-4-6-8-22)29(33-27)40-30(36)32-15-16-35-17-19-39-20-18-35/h4-14,21,33-34H,15-20H2,1-3H3,(H,32,36). The van der Waals surface area contributed by atoms with E-state index in [0.29, 0.717) is 43.1 Å². The number of carbonyl (C=O) groups is 1. The van der Waals surface area contributed by atoms with Crippen molar-refractivity contribution in [3.8, 4) is 17.0 Å². The molecule has 1 aromatic heterocycles. The number of H-pyrrole nitrogens is 1. The Bertz CT molecular complexity index is 1600. The molecule has 216 valence electrons. The molecule has 1 saturated heterocycles. The van der Waals surface area contributed by atoms with Gasteiger partial charge in [-0.25, -0.2) is 13.2 Å². The maximum atomic E-state index is 13.2. The summed E-state index contributed by atoms with van der Waals surface area (Å²) in [5.41, 5.74) is 3.57. The highest BCUT2D eigenvalue weighted by Gasteiger charge is 2.21. The second-order valence-electron chi connectivity index (χ2n) is 11.1. The summed E-state index contributed by atoms with van der Waals surface area (Å²) in [6, 6.07) is 21.7. The molecule has 3 aromatic carbocycles. The van der Waals surface area contributed by atoms with Gasteiger partial charge in [-0.2, -0.15) is 0 Å². The normalized spacial score (nSPS) is 14.6. The van der Waals surface area contributed by atoms with Crippen molar-refractivity contribution in [1.82, 2.24) is 15.2 Å². The number of nitrogens with one attached hydrogen (secondary N) is 3. The van der Waals surface area contributed by atoms with Gasteiger partial charge >= 0.3 is 6.09 Å². The topological polar surface area (TPSA) is 113 Å². The Morgan fingerprint density at radius 2 is 1.71 bits per heavy atom. The van der Waals surface area contributed by atoms with Gasteiger partial charge in [0.1, 0.15) is 0 Å². The van der Waals surface area contributed by atoms with Crippen LogP contribution in [0.5, 0.6) is 5.88 Å². The smallest absolute Gasteiger partial charge is 0.393 e. The minimum Gasteiger partial charge on any atom is -0.393 e. The first-order valence-electron chi connectivity index (χ1n) is 13.7. The van der Waals surface area contributed by atoms with E-state index in [-0.39, 0.29) is 16.2 Å². The molecule has 1 amide bonds. The Kier molecular flexibility index (Phi) is 8.35. The first kappa shape index (κ1) is 28.7. The summed E-state index contributed by atoms with van der Waals surface area (Å²) in [5, 5.41) is 3.54. The lowest BCUT2D eigenvalue weighted by Gasteiger charge is -2.26. The van der Waals surface area contributed by atoms with Gasteiger partial charge in [0.15, 0.2) is 0 Å². The summed E-state index contributed by atoms with van der Waals surface area (Å²) < 4.78 is 40.2. The molecule has 0 atom stereocenters. The van der Waals surface area contributed by atoms with Gasteiger partial charge in [-0.1, -0.05) is 63.2 Å². The van der Waals surface area contributed by atoms with E-state index in [4.69, 9.17) is 9.47 Å². The van der Waals surface area contributed by atoms with Crippen LogP contribution in [0.4, 0.5) is 10.5 Å². The lowest BCUT2D eigenvalue weighted by atomic mass is 9.87. The maximum absolute atomic E-state index is 13.2. The number of morpholine rings is 1. The largest absolute Gasteiger partial charge is 0.413 e. The molecule has 10 heteroatoms. The summed E-state index contributed by atoms with van der Waals surface area (Å²) in [4.78, 5) is 18.3. The van der Waals surface area contributed by atoms with Crippen molar-refractivity contribution >= 4 is 32.7 Å². The van der Waals surface area contributed by atoms with Gasteiger partial charge < -0.3 is 19.8 Å². The second kappa shape index (κ2) is 11.9. The van der Waals surface area contributed by atoms with Crippen LogP contribution in [-0.4, -0.2) is 63.8 Å². The Morgan fingerprint density at radius 1 is 1.00 bits per heavy atom. The highest BCUT2D eigenvalue weighted by molar-refractivity contribution is 7.92. The average molecular weight is 577 g/mol. The van der Waals surface area contributed by atoms with E-state index in [0.717, 1.165) is 29.6 Å². The zero-order chi connectivity index (χ0) is 29.0. The first-order valence-corrected chi connectivity index (χ1v) is 15.2. The highest BCUT2D eigenvalue weighted by Crippen LogP contribution is 2.39. The van der Waals surface area contributed by atoms with E-state index in [9.17, 15) is 13.2 Å². The summed E-state index contributed by atoms with van der Waals surface area (Å²) in [6.45, 7) is 10.5. The second-order valence-corrected chi connectivity index (χ2v) is 12.8. The van der Waals surface area contributed by atoms with E-state index in [1.807, 2.05) is 42.5 Å². The van der Waals surface area contributed by atoms with Crippen LogP contribution in [0.25, 0.3) is 22.0 Å². The fraction of sp³-hybridized carbons (Fsp3) is 0.323. The van der Waals surface area contributed by atoms with Crippen LogP contribution in [0, 0.1) is 0 Å². The van der Waals surface area contributed by atoms with Crippen molar-refractivity contribution in [3.63, 3.8) is 0 Å². The van der Waals surface area contributed by atoms with Crippen molar-refractivity contribution in [3.05, 3.63) is 78.4 Å². The third-order valence-corrected chi connectivity index (χ3v) is 8.50. The van der Waals surface area contributed by atoms with E-state index in [1.165, 1.54) is 0 Å². The van der Waals surface area contributed by atoms with Crippen LogP contribution in [0.2, 0.25) is 0 Å². The minimum absolute atomic E-state index is 0.0811. The summed E-state index contributed by atoms with van der Waals surface area (Å²) in [5.74, 6) is 0.285. The number of hydrogen-bond acceptors (Lipinski definition) is 6. The number of hydrogen-bond donors (Lipinski definition) is 3. The number of amides is 1. The van der Waals surface area contributed by atoms with Crippen molar-refractivity contribution < 1.29 is 22.7 Å². The number of ether oxygens (including phenoxy) is 2. The van der Waals surface area contributed by atoms with Crippen LogP contribution in [0.3, 0.4) is 0 Å². The van der Waals surface area contributed by atoms with Gasteiger partial charge in [-0.15, -0.1) is 0 Å². The van der Waals surface area contributed by atoms with E-state index in [1.54, 1.807) is 30.3 Å². The molecule has 3 N–H and O–H groups in total. The van der Waals surface area contributed by atoms with Gasteiger partial charge in [-0.05, 0) is 46.9 Å². The number of rotatable bonds is 8. The number of fused-ring (bicyclic) bond motifs is 1. The molecular weight excluding hydrogens is 540 g/mol. The van der Waals surface area contributed by atoms with Crippen LogP contribution >= 0.6 is 0 Å². The number of aromatic nitrogens is 1. The molecule has 9 nitrogen and oxygen atoms in total. The first-order chi connectivity index (χ1) is 19.6. The van der Waals surface area contributed by atoms with Crippen molar-refractivity contribution in [2.24, 2.45) is 0 Å². The van der Waals surface area contributed by atoms with Crippen molar-refractivity contribution in [1.29, 1.82) is 0 Å². The predicted molar refractivity (Wildman–Crippen MR) is 161 cm³/mol. The van der Waals surface area contributed by atoms with Gasteiger partial charge in [0.2, 0.25) is 5.88 Å². The fourth-order valence-corrected chi connectivity index (χ4v) is 5.87. The van der Waals surface area contributed by atoms with Crippen LogP contribution < -0.4 is 14.8 Å². The van der Waals surface area contributed by atoms with Crippen LogP contribution in [-0.2, 0) is 20.2 Å². The van der Waals surface area contributed by atoms with Gasteiger partial charge in [0, 0.05) is 42.8 Å². The third kappa shape index (κ3) is 6.90. The van der Waals surface area contributed by atoms with Gasteiger partial charge in [0.25, 0.3) is 10.0 Å². The summed E-state index contributed by atoms with van der Waals surface area (Å²) in [6.07, 6.45) is -0.568. The molecule has 0 spiro atoms. The molecule has 1 aliphatic rings. The molecule has 0 saturated carbocycles. The van der Waals surface area contributed by atoms with Gasteiger partial charge in [-0.3, -0.25) is 9.62 Å². The average Bonchev–Trinajstić information content (AvgIpc) is 3.30. The number of anilines is 1. The number of benzene rings is 3. The molecular formula is C31H36N4O5S. The molecule has 5 rings (SSSR count). The molecule has 4 aromatic rings. The van der Waals surface area contributed by atoms with Crippen LogP contribution in [0.15, 0.2) is 77.7 Å². The summed E-state index contributed by atoms with van der Waals surface area (Å²) >= 11 is 0. The molecule has 0 unspecified atom stereocenters. The Labute approximate surface area is 240 Å². The molecule has 41 heavy (non-hydrogen) atoms. The Hall–Kier alpha value is -3.86. The molecule has 1 fully saturated rings. The monoisotopic (exact) mass is 576 g/mol. The van der Waals surface area contributed by atoms with Crippen molar-refractivity contribution in [2.75, 3.05) is 44.1 Å². The zero-order valence-corrected chi connectivity index (χ0v) is 24.4. The van der Waals surface area contributed by atoms with E-state index < -0.39 is 16.1 Å². The lowest BCUT2D eigenvalue weighted by Crippen LogP contribution is -2.41. The Balaban J connectivity index is 1.38. The lowest BCUT2D eigenvalue weighted by molar-refractivity contribution is 0.0385. The number of aromatic amines is 1. The SMILES string of the molecule is CC(C)(C)c1ccc(S(=O)(=O)Nc2ccc3[nH]c(OC(=O)NCCN4CCOCC4)c(-c4ccccc4)c3c2)cc1. The van der Waals surface area contributed by atoms with E-state index in [2.05, 4.69) is 40.7 Å². The number of nitrogens with zero attached hydrogens (tertiary/aromatic N) is 1. The number of sulfonamides is 1. The molecule has 0 bridgehead atoms. The maximum Gasteiger partial charge on any atom is 0.413 e. The summed E-state index contributed by atoms with van der Waals surface area (Å²) in [7, 11) is -3.82. The molecule has 0 radical (unpaired) electrons. The Morgan fingerprint density at radius 3 is 2.39 bits per heavy atom. The van der Waals surface area contributed by atoms with E-state index >= 15 is 0 Å². The quantitative estimate of drug-likeness (QED) is 0.261. The third-order valence-electron chi connectivity index (χ3n) is 7.11. The van der Waals surface area contributed by atoms with Gasteiger partial charge in [0.05, 0.1) is 23.7 Å².